The van der Waals surface area contributed by atoms with E-state index in [1.807, 2.05) is 0 Å². The molecule has 1 heterocycles. The molecule has 122 valence electrons. The summed E-state index contributed by atoms with van der Waals surface area (Å²) >= 11 is 0. The van der Waals surface area contributed by atoms with Gasteiger partial charge in [-0.15, -0.1) is 0 Å². The number of rotatable bonds is 4. The molecule has 1 aliphatic rings. The minimum atomic E-state index is -0.814. The number of carbonyl (C=O) groups is 2. The van der Waals surface area contributed by atoms with Crippen molar-refractivity contribution in [2.24, 2.45) is 11.8 Å². The van der Waals surface area contributed by atoms with Crippen LogP contribution in [0.5, 0.6) is 0 Å². The molecule has 5 nitrogen and oxygen atoms in total. The smallest absolute Gasteiger partial charge is 0.342 e. The van der Waals surface area contributed by atoms with Crippen molar-refractivity contribution in [1.82, 2.24) is 5.32 Å². The van der Waals surface area contributed by atoms with Crippen molar-refractivity contribution >= 4 is 11.9 Å². The molecule has 0 unspecified atom stereocenters. The first kappa shape index (κ1) is 16.6. The zero-order valence-electron chi connectivity index (χ0n) is 13.7. The van der Waals surface area contributed by atoms with E-state index in [0.717, 1.165) is 12.8 Å². The molecule has 1 N–H and O–H groups in total. The van der Waals surface area contributed by atoms with E-state index in [1.165, 1.54) is 12.7 Å². The van der Waals surface area contributed by atoms with Crippen LogP contribution in [0.1, 0.15) is 56.2 Å². The SMILES string of the molecule is Cc1occc1C(=O)O[C@@H](C)C(=O)N[C@@H]1CCC[C@H](C)[C@@H]1C. The second-order valence-corrected chi connectivity index (χ2v) is 6.32. The van der Waals surface area contributed by atoms with E-state index in [4.69, 9.17) is 9.15 Å². The molecule has 0 aromatic carbocycles. The number of nitrogens with one attached hydrogen (secondary N) is 1. The topological polar surface area (TPSA) is 68.5 Å². The molecular formula is C17H25NO4. The summed E-state index contributed by atoms with van der Waals surface area (Å²) in [6.07, 6.45) is 3.93. The first-order chi connectivity index (χ1) is 10.4. The lowest BCUT2D eigenvalue weighted by Crippen LogP contribution is -2.47. The number of aryl methyl sites for hydroxylation is 1. The van der Waals surface area contributed by atoms with Crippen LogP contribution in [-0.4, -0.2) is 24.0 Å². The monoisotopic (exact) mass is 307 g/mol. The van der Waals surface area contributed by atoms with Gasteiger partial charge >= 0.3 is 5.97 Å². The number of furan rings is 1. The first-order valence-electron chi connectivity index (χ1n) is 7.95. The van der Waals surface area contributed by atoms with Gasteiger partial charge in [0.05, 0.1) is 6.26 Å². The molecule has 1 fully saturated rings. The maximum absolute atomic E-state index is 12.2. The van der Waals surface area contributed by atoms with Gasteiger partial charge in [-0.3, -0.25) is 4.79 Å². The summed E-state index contributed by atoms with van der Waals surface area (Å²) < 4.78 is 10.3. The molecule has 0 radical (unpaired) electrons. The molecule has 0 aliphatic heterocycles. The van der Waals surface area contributed by atoms with Crippen LogP contribution in [0.2, 0.25) is 0 Å². The lowest BCUT2D eigenvalue weighted by molar-refractivity contribution is -0.130. The molecule has 5 heteroatoms. The van der Waals surface area contributed by atoms with Crippen LogP contribution in [0.3, 0.4) is 0 Å². The quantitative estimate of drug-likeness (QED) is 0.868. The van der Waals surface area contributed by atoms with Crippen molar-refractivity contribution in [3.8, 4) is 0 Å². The van der Waals surface area contributed by atoms with E-state index < -0.39 is 12.1 Å². The van der Waals surface area contributed by atoms with Crippen molar-refractivity contribution in [3.63, 3.8) is 0 Å². The molecule has 0 saturated heterocycles. The Morgan fingerprint density at radius 2 is 2.09 bits per heavy atom. The largest absolute Gasteiger partial charge is 0.469 e. The van der Waals surface area contributed by atoms with Crippen LogP contribution in [0.25, 0.3) is 0 Å². The van der Waals surface area contributed by atoms with Gasteiger partial charge in [-0.1, -0.05) is 26.7 Å². The van der Waals surface area contributed by atoms with Crippen molar-refractivity contribution in [2.45, 2.75) is 59.1 Å². The molecule has 22 heavy (non-hydrogen) atoms. The zero-order valence-corrected chi connectivity index (χ0v) is 13.7. The number of carbonyl (C=O) groups excluding carboxylic acids is 2. The van der Waals surface area contributed by atoms with E-state index >= 15 is 0 Å². The molecule has 4 atom stereocenters. The Kier molecular flexibility index (Phi) is 5.27. The lowest BCUT2D eigenvalue weighted by atomic mass is 9.78. The van der Waals surface area contributed by atoms with Gasteiger partial charge in [0.15, 0.2) is 6.10 Å². The lowest BCUT2D eigenvalue weighted by Gasteiger charge is -2.35. The first-order valence-corrected chi connectivity index (χ1v) is 7.95. The number of hydrogen-bond donors (Lipinski definition) is 1. The maximum Gasteiger partial charge on any atom is 0.342 e. The summed E-state index contributed by atoms with van der Waals surface area (Å²) in [7, 11) is 0. The van der Waals surface area contributed by atoms with Gasteiger partial charge in [0.25, 0.3) is 5.91 Å². The maximum atomic E-state index is 12.2. The molecule has 1 aromatic heterocycles. The normalized spacial score (nSPS) is 26.3. The fraction of sp³-hybridized carbons (Fsp3) is 0.647. The van der Waals surface area contributed by atoms with Crippen LogP contribution in [-0.2, 0) is 9.53 Å². The van der Waals surface area contributed by atoms with Crippen molar-refractivity contribution in [3.05, 3.63) is 23.7 Å². The molecule has 1 saturated carbocycles. The number of amides is 1. The van der Waals surface area contributed by atoms with Crippen molar-refractivity contribution < 1.29 is 18.7 Å². The van der Waals surface area contributed by atoms with Crippen molar-refractivity contribution in [1.29, 1.82) is 0 Å². The van der Waals surface area contributed by atoms with Gasteiger partial charge in [0.1, 0.15) is 11.3 Å². The predicted molar refractivity (Wildman–Crippen MR) is 82.4 cm³/mol. The van der Waals surface area contributed by atoms with Gasteiger partial charge in [0, 0.05) is 6.04 Å². The summed E-state index contributed by atoms with van der Waals surface area (Å²) in [5.41, 5.74) is 0.360. The third-order valence-corrected chi connectivity index (χ3v) is 4.77. The van der Waals surface area contributed by atoms with Gasteiger partial charge < -0.3 is 14.5 Å². The summed E-state index contributed by atoms with van der Waals surface area (Å²) in [6.45, 7) is 7.67. The van der Waals surface area contributed by atoms with Crippen LogP contribution in [0, 0.1) is 18.8 Å². The summed E-state index contributed by atoms with van der Waals surface area (Å²) in [5, 5.41) is 3.02. The highest BCUT2D eigenvalue weighted by Gasteiger charge is 2.30. The average Bonchev–Trinajstić information content (AvgIpc) is 2.90. The molecular weight excluding hydrogens is 282 g/mol. The van der Waals surface area contributed by atoms with Gasteiger partial charge in [-0.25, -0.2) is 4.79 Å². The minimum Gasteiger partial charge on any atom is -0.469 e. The summed E-state index contributed by atoms with van der Waals surface area (Å²) in [4.78, 5) is 24.2. The van der Waals surface area contributed by atoms with Crippen LogP contribution >= 0.6 is 0 Å². The highest BCUT2D eigenvalue weighted by molar-refractivity contribution is 5.93. The molecule has 1 aromatic rings. The van der Waals surface area contributed by atoms with E-state index in [2.05, 4.69) is 19.2 Å². The third-order valence-electron chi connectivity index (χ3n) is 4.77. The Hall–Kier alpha value is -1.78. The fourth-order valence-electron chi connectivity index (χ4n) is 2.96. The Morgan fingerprint density at radius 1 is 1.36 bits per heavy atom. The van der Waals surface area contributed by atoms with E-state index in [9.17, 15) is 9.59 Å². The van der Waals surface area contributed by atoms with Crippen LogP contribution in [0.15, 0.2) is 16.7 Å². The van der Waals surface area contributed by atoms with Gasteiger partial charge in [-0.05, 0) is 38.2 Å². The fourth-order valence-corrected chi connectivity index (χ4v) is 2.96. The molecule has 1 amide bonds. The Balaban J connectivity index is 1.89. The highest BCUT2D eigenvalue weighted by Crippen LogP contribution is 2.29. The average molecular weight is 307 g/mol. The second-order valence-electron chi connectivity index (χ2n) is 6.32. The standard InChI is InChI=1S/C17H25NO4/c1-10-6-5-7-15(11(10)2)18-16(19)13(4)22-17(20)14-8-9-21-12(14)3/h8-11,13,15H,5-7H2,1-4H3,(H,18,19)/t10-,11-,13-,15+/m0/s1. The van der Waals surface area contributed by atoms with E-state index in [1.54, 1.807) is 19.9 Å². The number of ether oxygens (including phenoxy) is 1. The van der Waals surface area contributed by atoms with E-state index in [-0.39, 0.29) is 11.9 Å². The Bertz CT molecular complexity index is 537. The second kappa shape index (κ2) is 6.99. The van der Waals surface area contributed by atoms with Crippen LogP contribution < -0.4 is 5.32 Å². The van der Waals surface area contributed by atoms with Gasteiger partial charge in [-0.2, -0.15) is 0 Å². The Morgan fingerprint density at radius 3 is 2.73 bits per heavy atom. The molecule has 1 aliphatic carbocycles. The number of hydrogen-bond acceptors (Lipinski definition) is 4. The van der Waals surface area contributed by atoms with E-state index in [0.29, 0.717) is 23.2 Å². The van der Waals surface area contributed by atoms with Crippen LogP contribution in [0.4, 0.5) is 0 Å². The molecule has 0 bridgehead atoms. The molecule has 2 rings (SSSR count). The molecule has 0 spiro atoms. The highest BCUT2D eigenvalue weighted by atomic mass is 16.5. The zero-order chi connectivity index (χ0) is 16.3. The van der Waals surface area contributed by atoms with Crippen molar-refractivity contribution in [2.75, 3.05) is 0 Å². The summed E-state index contributed by atoms with van der Waals surface area (Å²) in [6, 6.07) is 1.71. The Labute approximate surface area is 131 Å². The third kappa shape index (κ3) is 3.70. The predicted octanol–water partition coefficient (Wildman–Crippen LogP) is 3.07. The summed E-state index contributed by atoms with van der Waals surface area (Å²) in [5.74, 6) is 0.772. The number of esters is 1. The van der Waals surface area contributed by atoms with Gasteiger partial charge in [0.2, 0.25) is 0 Å². The minimum absolute atomic E-state index is 0.160.